The van der Waals surface area contributed by atoms with E-state index in [1.807, 2.05) is 0 Å². The minimum absolute atomic E-state index is 0.0241. The SMILES string of the molecule is Cn1nnc(-c2c(F)cc(Cl)cc2-c2ccc3c(c2)OCC3NC(=O)C2(NC(=O)C(F)(F)F)CC2)n1. The van der Waals surface area contributed by atoms with Gasteiger partial charge in [0.15, 0.2) is 0 Å². The summed E-state index contributed by atoms with van der Waals surface area (Å²) in [6.07, 6.45) is -4.89. The van der Waals surface area contributed by atoms with E-state index < -0.39 is 35.4 Å². The molecular formula is C22H17ClF4N6O3. The average molecular weight is 525 g/mol. The first-order valence-electron chi connectivity index (χ1n) is 10.7. The van der Waals surface area contributed by atoms with Gasteiger partial charge in [0.25, 0.3) is 0 Å². The second-order valence-electron chi connectivity index (χ2n) is 8.54. The summed E-state index contributed by atoms with van der Waals surface area (Å²) in [7, 11) is 1.54. The van der Waals surface area contributed by atoms with Gasteiger partial charge in [-0.15, -0.1) is 10.2 Å². The highest BCUT2D eigenvalue weighted by atomic mass is 35.5. The lowest BCUT2D eigenvalue weighted by molar-refractivity contribution is -0.175. The molecule has 1 fully saturated rings. The zero-order valence-corrected chi connectivity index (χ0v) is 19.2. The summed E-state index contributed by atoms with van der Waals surface area (Å²) >= 11 is 6.09. The number of alkyl halides is 3. The quantitative estimate of drug-likeness (QED) is 0.496. The minimum atomic E-state index is -5.09. The molecule has 2 heterocycles. The lowest BCUT2D eigenvalue weighted by atomic mass is 9.96. The summed E-state index contributed by atoms with van der Waals surface area (Å²) in [5.74, 6) is -3.08. The molecule has 0 radical (unpaired) electrons. The molecule has 36 heavy (non-hydrogen) atoms. The number of hydrogen-bond donors (Lipinski definition) is 2. The molecule has 0 bridgehead atoms. The number of aromatic nitrogens is 4. The van der Waals surface area contributed by atoms with Gasteiger partial charge in [-0.25, -0.2) is 4.39 Å². The average Bonchev–Trinajstić information content (AvgIpc) is 3.29. The zero-order chi connectivity index (χ0) is 25.8. The third-order valence-corrected chi connectivity index (χ3v) is 6.21. The number of hydrogen-bond acceptors (Lipinski definition) is 6. The van der Waals surface area contributed by atoms with Crippen LogP contribution in [0, 0.1) is 5.82 Å². The van der Waals surface area contributed by atoms with Gasteiger partial charge < -0.3 is 15.4 Å². The Kier molecular flexibility index (Phi) is 5.62. The van der Waals surface area contributed by atoms with E-state index in [9.17, 15) is 27.2 Å². The van der Waals surface area contributed by atoms with Gasteiger partial charge in [0.1, 0.15) is 23.7 Å². The van der Waals surface area contributed by atoms with Crippen molar-refractivity contribution >= 4 is 23.4 Å². The summed E-state index contributed by atoms with van der Waals surface area (Å²) in [5.41, 5.74) is -0.0100. The number of nitrogens with one attached hydrogen (secondary N) is 2. The molecule has 2 aromatic carbocycles. The number of carbonyl (C=O) groups is 2. The number of ether oxygens (including phenoxy) is 1. The molecule has 0 spiro atoms. The van der Waals surface area contributed by atoms with E-state index in [2.05, 4.69) is 20.7 Å². The molecular weight excluding hydrogens is 508 g/mol. The maximum absolute atomic E-state index is 14.9. The maximum atomic E-state index is 14.9. The Morgan fingerprint density at radius 1 is 1.22 bits per heavy atom. The van der Waals surface area contributed by atoms with Crippen LogP contribution in [0.5, 0.6) is 5.75 Å². The van der Waals surface area contributed by atoms with Crippen LogP contribution in [0.1, 0.15) is 24.4 Å². The van der Waals surface area contributed by atoms with Gasteiger partial charge in [0.2, 0.25) is 11.7 Å². The van der Waals surface area contributed by atoms with E-state index in [0.29, 0.717) is 22.4 Å². The van der Waals surface area contributed by atoms with Crippen LogP contribution >= 0.6 is 11.6 Å². The minimum Gasteiger partial charge on any atom is -0.491 e. The Labute approximate surface area is 205 Å². The number of fused-ring (bicyclic) bond motifs is 1. The molecule has 14 heteroatoms. The van der Waals surface area contributed by atoms with Gasteiger partial charge in [0, 0.05) is 10.6 Å². The third kappa shape index (κ3) is 4.34. The fourth-order valence-electron chi connectivity index (χ4n) is 4.03. The molecule has 5 rings (SSSR count). The first-order valence-corrected chi connectivity index (χ1v) is 11.1. The molecule has 1 atom stereocenters. The molecule has 1 saturated carbocycles. The number of aryl methyl sites for hydroxylation is 1. The van der Waals surface area contributed by atoms with Gasteiger partial charge in [-0.3, -0.25) is 9.59 Å². The van der Waals surface area contributed by atoms with Crippen LogP contribution in [0.15, 0.2) is 30.3 Å². The van der Waals surface area contributed by atoms with Gasteiger partial charge in [-0.1, -0.05) is 23.7 Å². The summed E-state index contributed by atoms with van der Waals surface area (Å²) in [5, 5.41) is 16.3. The van der Waals surface area contributed by atoms with Gasteiger partial charge in [-0.2, -0.15) is 18.0 Å². The first kappa shape index (κ1) is 24.0. The van der Waals surface area contributed by atoms with Crippen molar-refractivity contribution in [3.63, 3.8) is 0 Å². The molecule has 2 aliphatic rings. The van der Waals surface area contributed by atoms with Crippen molar-refractivity contribution in [2.45, 2.75) is 30.6 Å². The molecule has 2 amide bonds. The molecule has 3 aromatic rings. The van der Waals surface area contributed by atoms with E-state index in [1.165, 1.54) is 4.80 Å². The second kappa shape index (κ2) is 8.43. The van der Waals surface area contributed by atoms with Gasteiger partial charge in [-0.05, 0) is 47.4 Å². The van der Waals surface area contributed by atoms with Crippen molar-refractivity contribution in [2.24, 2.45) is 7.05 Å². The zero-order valence-electron chi connectivity index (χ0n) is 18.5. The predicted molar refractivity (Wildman–Crippen MR) is 117 cm³/mol. The second-order valence-corrected chi connectivity index (χ2v) is 8.97. The van der Waals surface area contributed by atoms with Crippen LogP contribution in [0.3, 0.4) is 0 Å². The summed E-state index contributed by atoms with van der Waals surface area (Å²) in [4.78, 5) is 25.2. The first-order chi connectivity index (χ1) is 17.0. The summed E-state index contributed by atoms with van der Waals surface area (Å²) in [6.45, 7) is 0.0241. The fraction of sp³-hybridized carbons (Fsp3) is 0.318. The largest absolute Gasteiger partial charge is 0.491 e. The maximum Gasteiger partial charge on any atom is 0.471 e. The van der Waals surface area contributed by atoms with Crippen molar-refractivity contribution in [3.05, 3.63) is 46.7 Å². The van der Waals surface area contributed by atoms with Crippen molar-refractivity contribution in [2.75, 3.05) is 6.61 Å². The Morgan fingerprint density at radius 2 is 1.97 bits per heavy atom. The van der Waals surface area contributed by atoms with E-state index >= 15 is 0 Å². The van der Waals surface area contributed by atoms with Crippen molar-refractivity contribution in [1.29, 1.82) is 0 Å². The Bertz CT molecular complexity index is 1390. The summed E-state index contributed by atoms with van der Waals surface area (Å²) in [6, 6.07) is 6.98. The van der Waals surface area contributed by atoms with Crippen LogP contribution < -0.4 is 15.4 Å². The molecule has 1 aromatic heterocycles. The van der Waals surface area contributed by atoms with Crippen LogP contribution in [0.25, 0.3) is 22.5 Å². The Hall–Kier alpha value is -3.74. The van der Waals surface area contributed by atoms with E-state index in [0.717, 1.165) is 6.07 Å². The van der Waals surface area contributed by atoms with E-state index in [-0.39, 0.29) is 35.9 Å². The van der Waals surface area contributed by atoms with E-state index in [1.54, 1.807) is 36.6 Å². The Balaban J connectivity index is 1.40. The lowest BCUT2D eigenvalue weighted by Crippen LogP contribution is -2.53. The van der Waals surface area contributed by atoms with Crippen LogP contribution in [0.4, 0.5) is 17.6 Å². The number of rotatable bonds is 5. The number of benzene rings is 2. The van der Waals surface area contributed by atoms with Gasteiger partial charge >= 0.3 is 12.1 Å². The lowest BCUT2D eigenvalue weighted by Gasteiger charge is -2.20. The molecule has 188 valence electrons. The highest BCUT2D eigenvalue weighted by Crippen LogP contribution is 2.42. The summed E-state index contributed by atoms with van der Waals surface area (Å²) < 4.78 is 58.5. The molecule has 0 saturated heterocycles. The molecule has 1 aliphatic carbocycles. The van der Waals surface area contributed by atoms with E-state index in [4.69, 9.17) is 16.3 Å². The van der Waals surface area contributed by atoms with Crippen LogP contribution in [-0.4, -0.2) is 50.3 Å². The highest BCUT2D eigenvalue weighted by molar-refractivity contribution is 6.31. The molecule has 1 unspecified atom stereocenters. The molecule has 2 N–H and O–H groups in total. The molecule has 1 aliphatic heterocycles. The van der Waals surface area contributed by atoms with Crippen molar-refractivity contribution < 1.29 is 31.9 Å². The number of tetrazole rings is 1. The number of amides is 2. The monoisotopic (exact) mass is 524 g/mol. The highest BCUT2D eigenvalue weighted by Gasteiger charge is 2.55. The normalized spacial score (nSPS) is 17.8. The predicted octanol–water partition coefficient (Wildman–Crippen LogP) is 3.10. The fourth-order valence-corrected chi connectivity index (χ4v) is 4.23. The standard InChI is InChI=1S/C22H17ClF4N6O3/c1-33-31-18(30-32-33)17-13(7-11(23)8-14(17)24)10-2-3-12-15(9-36-16(12)6-10)28-19(34)21(4-5-21)29-20(35)22(25,26)27/h2-3,6-8,15H,4-5,9H2,1H3,(H,28,34)(H,29,35). The van der Waals surface area contributed by atoms with Crippen LogP contribution in [-0.2, 0) is 16.6 Å². The van der Waals surface area contributed by atoms with Crippen molar-refractivity contribution in [3.8, 4) is 28.3 Å². The van der Waals surface area contributed by atoms with Gasteiger partial charge in [0.05, 0.1) is 18.7 Å². The third-order valence-electron chi connectivity index (χ3n) is 5.99. The molecule has 9 nitrogen and oxygen atoms in total. The topological polar surface area (TPSA) is 111 Å². The van der Waals surface area contributed by atoms with Crippen molar-refractivity contribution in [1.82, 2.24) is 30.8 Å². The number of nitrogens with zero attached hydrogens (tertiary/aromatic N) is 4. The smallest absolute Gasteiger partial charge is 0.471 e. The number of carbonyl (C=O) groups excluding carboxylic acids is 2. The van der Waals surface area contributed by atoms with Crippen LogP contribution in [0.2, 0.25) is 5.02 Å². The Morgan fingerprint density at radius 3 is 2.61 bits per heavy atom. The number of halogens is 5.